The molecule has 1 heterocycles. The van der Waals surface area contributed by atoms with Crippen molar-refractivity contribution in [3.63, 3.8) is 0 Å². The molecule has 0 spiro atoms. The fourth-order valence-corrected chi connectivity index (χ4v) is 2.19. The minimum atomic E-state index is -1.86. The molecule has 1 aromatic rings. The van der Waals surface area contributed by atoms with Gasteiger partial charge in [-0.15, -0.1) is 0 Å². The van der Waals surface area contributed by atoms with E-state index in [4.69, 9.17) is 20.1 Å². The SMILES string of the molecule is OB(O)Oc1ccc(OB(O)O)[se]1. The van der Waals surface area contributed by atoms with Crippen LogP contribution in [0.3, 0.4) is 0 Å². The van der Waals surface area contributed by atoms with E-state index < -0.39 is 29.1 Å². The van der Waals surface area contributed by atoms with Crippen LogP contribution >= 0.6 is 0 Å². The first-order valence-corrected chi connectivity index (χ1v) is 4.94. The molecule has 0 aromatic carbocycles. The predicted octanol–water partition coefficient (Wildman–Crippen LogP) is -2.56. The molecule has 13 heavy (non-hydrogen) atoms. The molecule has 6 nitrogen and oxygen atoms in total. The zero-order valence-corrected chi connectivity index (χ0v) is 8.04. The van der Waals surface area contributed by atoms with Gasteiger partial charge >= 0.3 is 79.9 Å². The van der Waals surface area contributed by atoms with Crippen molar-refractivity contribution in [3.8, 4) is 9.25 Å². The second kappa shape index (κ2) is 4.71. The van der Waals surface area contributed by atoms with Crippen LogP contribution in [0.15, 0.2) is 12.1 Å². The first-order valence-electron chi connectivity index (χ1n) is 3.23. The van der Waals surface area contributed by atoms with Gasteiger partial charge in [0.15, 0.2) is 0 Å². The van der Waals surface area contributed by atoms with Gasteiger partial charge in [0, 0.05) is 0 Å². The molecule has 0 saturated carbocycles. The fourth-order valence-electron chi connectivity index (χ4n) is 0.638. The maximum absolute atomic E-state index is 8.42. The minimum absolute atomic E-state index is 0.346. The van der Waals surface area contributed by atoms with Crippen LogP contribution in [-0.4, -0.2) is 49.2 Å². The average molecular weight is 251 g/mol. The van der Waals surface area contributed by atoms with Gasteiger partial charge in [0.1, 0.15) is 0 Å². The molecule has 0 aliphatic heterocycles. The third-order valence-electron chi connectivity index (χ3n) is 1.000. The van der Waals surface area contributed by atoms with Crippen LogP contribution in [0.2, 0.25) is 0 Å². The molecule has 0 radical (unpaired) electrons. The van der Waals surface area contributed by atoms with E-state index in [1.165, 1.54) is 12.1 Å². The summed E-state index contributed by atoms with van der Waals surface area (Å²) in [5.74, 6) is 0. The maximum atomic E-state index is 8.42. The summed E-state index contributed by atoms with van der Waals surface area (Å²) in [5.41, 5.74) is 0. The number of hydrogen-bond donors (Lipinski definition) is 4. The Morgan fingerprint density at radius 2 is 1.31 bits per heavy atom. The van der Waals surface area contributed by atoms with E-state index in [0.717, 1.165) is 0 Å². The molecule has 0 unspecified atom stereocenters. The van der Waals surface area contributed by atoms with Gasteiger partial charge in [-0.2, -0.15) is 0 Å². The molecular weight excluding hydrogens is 245 g/mol. The second-order valence-corrected chi connectivity index (χ2v) is 4.08. The van der Waals surface area contributed by atoms with E-state index in [0.29, 0.717) is 9.25 Å². The van der Waals surface area contributed by atoms with Crippen molar-refractivity contribution in [2.75, 3.05) is 0 Å². The summed E-state index contributed by atoms with van der Waals surface area (Å²) in [6.07, 6.45) is 0. The number of rotatable bonds is 4. The summed E-state index contributed by atoms with van der Waals surface area (Å²) in [6.45, 7) is 0. The van der Waals surface area contributed by atoms with Crippen molar-refractivity contribution in [3.05, 3.63) is 12.1 Å². The first kappa shape index (κ1) is 10.6. The van der Waals surface area contributed by atoms with Gasteiger partial charge < -0.3 is 0 Å². The third kappa shape index (κ3) is 3.86. The fraction of sp³-hybridized carbons (Fsp3) is 0. The molecule has 1 aromatic heterocycles. The van der Waals surface area contributed by atoms with Gasteiger partial charge in [0.05, 0.1) is 0 Å². The van der Waals surface area contributed by atoms with E-state index in [1.54, 1.807) is 0 Å². The molecule has 0 aliphatic rings. The van der Waals surface area contributed by atoms with E-state index >= 15 is 0 Å². The summed E-state index contributed by atoms with van der Waals surface area (Å²) in [7, 11) is -3.72. The van der Waals surface area contributed by atoms with Gasteiger partial charge in [-0.3, -0.25) is 0 Å². The van der Waals surface area contributed by atoms with Gasteiger partial charge in [0.25, 0.3) is 0 Å². The summed E-state index contributed by atoms with van der Waals surface area (Å²) in [5, 5.41) is 33.7. The van der Waals surface area contributed by atoms with Crippen LogP contribution in [0.5, 0.6) is 9.25 Å². The van der Waals surface area contributed by atoms with Gasteiger partial charge in [-0.1, -0.05) is 0 Å². The van der Waals surface area contributed by atoms with Crippen molar-refractivity contribution in [2.45, 2.75) is 0 Å². The molecule has 0 fully saturated rings. The Morgan fingerprint density at radius 3 is 1.62 bits per heavy atom. The summed E-state index contributed by atoms with van der Waals surface area (Å²) in [4.78, 5) is 0. The zero-order valence-electron chi connectivity index (χ0n) is 6.32. The summed E-state index contributed by atoms with van der Waals surface area (Å²) in [6, 6.07) is 2.94. The number of hydrogen-bond acceptors (Lipinski definition) is 6. The Morgan fingerprint density at radius 1 is 0.923 bits per heavy atom. The van der Waals surface area contributed by atoms with E-state index in [9.17, 15) is 0 Å². The van der Waals surface area contributed by atoms with Crippen molar-refractivity contribution >= 4 is 29.1 Å². The predicted molar refractivity (Wildman–Crippen MR) is 45.0 cm³/mol. The normalized spacial score (nSPS) is 9.54. The van der Waals surface area contributed by atoms with Crippen LogP contribution in [0.1, 0.15) is 0 Å². The van der Waals surface area contributed by atoms with E-state index in [-0.39, 0.29) is 0 Å². The van der Waals surface area contributed by atoms with Crippen LogP contribution in [-0.2, 0) is 0 Å². The monoisotopic (exact) mass is 252 g/mol. The standard InChI is InChI=1S/C4H6B2O6Se/c7-5(8)11-3-1-2-4(13-3)12-6(9)10/h1-2,7-10H. The van der Waals surface area contributed by atoms with Crippen molar-refractivity contribution in [1.29, 1.82) is 0 Å². The Labute approximate surface area is 80.4 Å². The molecule has 0 saturated heterocycles. The molecule has 4 N–H and O–H groups in total. The molecule has 9 heteroatoms. The van der Waals surface area contributed by atoms with E-state index in [2.05, 4.69) is 9.31 Å². The second-order valence-electron chi connectivity index (χ2n) is 1.96. The van der Waals surface area contributed by atoms with Crippen LogP contribution in [0.25, 0.3) is 0 Å². The zero-order chi connectivity index (χ0) is 9.84. The van der Waals surface area contributed by atoms with Gasteiger partial charge in [0.2, 0.25) is 0 Å². The molecule has 0 amide bonds. The Bertz CT molecular complexity index is 238. The van der Waals surface area contributed by atoms with Crippen LogP contribution in [0.4, 0.5) is 0 Å². The summed E-state index contributed by atoms with van der Waals surface area (Å²) >= 11 is -0.395. The van der Waals surface area contributed by atoms with Gasteiger partial charge in [-0.05, 0) is 0 Å². The third-order valence-corrected chi connectivity index (χ3v) is 2.82. The van der Waals surface area contributed by atoms with Gasteiger partial charge in [-0.25, -0.2) is 0 Å². The topological polar surface area (TPSA) is 99.4 Å². The van der Waals surface area contributed by atoms with Crippen molar-refractivity contribution in [2.24, 2.45) is 0 Å². The van der Waals surface area contributed by atoms with Crippen LogP contribution < -0.4 is 9.31 Å². The quantitative estimate of drug-likeness (QED) is 0.439. The molecule has 0 bridgehead atoms. The molecule has 1 rings (SSSR count). The van der Waals surface area contributed by atoms with Crippen molar-refractivity contribution in [1.82, 2.24) is 0 Å². The molecule has 0 aliphatic carbocycles. The first-order chi connectivity index (χ1) is 6.08. The summed E-state index contributed by atoms with van der Waals surface area (Å²) < 4.78 is 9.75. The van der Waals surface area contributed by atoms with Crippen molar-refractivity contribution < 1.29 is 29.4 Å². The Kier molecular flexibility index (Phi) is 3.86. The molecular formula is C4H6B2O6Se. The Hall–Kier alpha value is -0.431. The average Bonchev–Trinajstić information content (AvgIpc) is 2.33. The van der Waals surface area contributed by atoms with Crippen LogP contribution in [0, 0.1) is 0 Å². The van der Waals surface area contributed by atoms with E-state index in [1.807, 2.05) is 0 Å². The molecule has 70 valence electrons. The molecule has 0 atom stereocenters. The Balaban J connectivity index is 2.53.